The first kappa shape index (κ1) is 22.5. The summed E-state index contributed by atoms with van der Waals surface area (Å²) >= 11 is 0. The van der Waals surface area contributed by atoms with Gasteiger partial charge in [0.2, 0.25) is 5.91 Å². The molecule has 0 spiro atoms. The molecule has 182 valence electrons. The number of H-pyrrole nitrogens is 2. The molecule has 6 aromatic rings. The molecule has 0 bridgehead atoms. The molecular formula is C27H21FN8O. The molecule has 10 heteroatoms. The minimum absolute atomic E-state index is 0.124. The first-order chi connectivity index (χ1) is 18.0. The highest BCUT2D eigenvalue weighted by molar-refractivity contribution is 5.98. The van der Waals surface area contributed by atoms with Crippen LogP contribution in [-0.4, -0.2) is 41.0 Å². The number of carbonyl (C=O) groups is 1. The van der Waals surface area contributed by atoms with E-state index in [1.807, 2.05) is 44.2 Å². The Labute approximate surface area is 210 Å². The number of nitrogens with zero attached hydrogens (tertiary/aromatic N) is 5. The number of halogens is 1. The molecule has 1 amide bonds. The number of aromatic amines is 2. The highest BCUT2D eigenvalue weighted by atomic mass is 19.1. The zero-order valence-electron chi connectivity index (χ0n) is 20.0. The van der Waals surface area contributed by atoms with Crippen LogP contribution in [0.5, 0.6) is 0 Å². The van der Waals surface area contributed by atoms with Crippen molar-refractivity contribution in [1.29, 1.82) is 0 Å². The zero-order chi connectivity index (χ0) is 25.5. The minimum Gasteiger partial charge on any atom is -0.335 e. The van der Waals surface area contributed by atoms with Crippen LogP contribution in [0.4, 0.5) is 10.1 Å². The van der Waals surface area contributed by atoms with Gasteiger partial charge in [0.25, 0.3) is 0 Å². The summed E-state index contributed by atoms with van der Waals surface area (Å²) < 4.78 is 15.1. The molecule has 5 aromatic heterocycles. The van der Waals surface area contributed by atoms with E-state index in [-0.39, 0.29) is 17.3 Å². The number of benzene rings is 1. The highest BCUT2D eigenvalue weighted by Crippen LogP contribution is 2.33. The number of carbonyl (C=O) groups excluding carboxylic acids is 1. The van der Waals surface area contributed by atoms with Gasteiger partial charge in [-0.05, 0) is 42.0 Å². The van der Waals surface area contributed by atoms with Gasteiger partial charge < -0.3 is 10.3 Å². The van der Waals surface area contributed by atoms with E-state index in [0.717, 1.165) is 11.3 Å². The molecule has 0 aliphatic rings. The minimum atomic E-state index is -0.491. The summed E-state index contributed by atoms with van der Waals surface area (Å²) in [6.07, 6.45) is 6.58. The fourth-order valence-electron chi connectivity index (χ4n) is 4.14. The lowest BCUT2D eigenvalue weighted by molar-refractivity contribution is -0.118. The number of pyridine rings is 3. The van der Waals surface area contributed by atoms with E-state index < -0.39 is 5.82 Å². The quantitative estimate of drug-likeness (QED) is 0.298. The number of hydrogen-bond acceptors (Lipinski definition) is 6. The Balaban J connectivity index is 1.45. The van der Waals surface area contributed by atoms with Crippen molar-refractivity contribution in [3.8, 4) is 33.9 Å². The molecule has 3 N–H and O–H groups in total. The summed E-state index contributed by atoms with van der Waals surface area (Å²) in [6, 6.07) is 12.5. The number of anilines is 1. The number of hydrogen-bond donors (Lipinski definition) is 3. The normalized spacial score (nSPS) is 11.5. The van der Waals surface area contributed by atoms with Gasteiger partial charge in [0.05, 0.1) is 23.1 Å². The molecule has 0 unspecified atom stereocenters. The van der Waals surface area contributed by atoms with E-state index >= 15 is 4.39 Å². The molecule has 0 fully saturated rings. The number of amides is 1. The second kappa shape index (κ2) is 8.90. The number of nitrogens with one attached hydrogen (secondary N) is 3. The molecule has 0 aliphatic heterocycles. The fourth-order valence-corrected chi connectivity index (χ4v) is 4.14. The van der Waals surface area contributed by atoms with Crippen molar-refractivity contribution in [1.82, 2.24) is 35.1 Å². The van der Waals surface area contributed by atoms with Crippen LogP contribution in [0.2, 0.25) is 0 Å². The van der Waals surface area contributed by atoms with Crippen LogP contribution in [0, 0.1) is 11.7 Å². The Morgan fingerprint density at radius 3 is 2.73 bits per heavy atom. The Kier molecular flexibility index (Phi) is 5.41. The van der Waals surface area contributed by atoms with Crippen molar-refractivity contribution in [2.45, 2.75) is 13.8 Å². The predicted octanol–water partition coefficient (Wildman–Crippen LogP) is 5.36. The van der Waals surface area contributed by atoms with Gasteiger partial charge in [-0.25, -0.2) is 14.4 Å². The summed E-state index contributed by atoms with van der Waals surface area (Å²) in [5.74, 6) is -0.320. The Bertz CT molecular complexity index is 1770. The number of rotatable bonds is 5. The SMILES string of the molecule is CC(C)C(=O)Nc1cncc(-c2cc(F)c3n[nH]c(-c4nc5nccc(-c6ccccn6)c5[nH]4)c3c2)c1. The van der Waals surface area contributed by atoms with Gasteiger partial charge in [0.1, 0.15) is 11.2 Å². The number of aromatic nitrogens is 7. The van der Waals surface area contributed by atoms with Crippen LogP contribution in [0.25, 0.3) is 56.0 Å². The average Bonchev–Trinajstić information content (AvgIpc) is 3.53. The van der Waals surface area contributed by atoms with E-state index in [1.54, 1.807) is 30.9 Å². The maximum Gasteiger partial charge on any atom is 0.226 e. The van der Waals surface area contributed by atoms with E-state index in [9.17, 15) is 4.79 Å². The smallest absolute Gasteiger partial charge is 0.226 e. The van der Waals surface area contributed by atoms with Gasteiger partial charge in [0, 0.05) is 41.0 Å². The number of imidazole rings is 1. The molecule has 0 radical (unpaired) electrons. The van der Waals surface area contributed by atoms with E-state index in [2.05, 4.69) is 40.4 Å². The van der Waals surface area contributed by atoms with Crippen LogP contribution in [-0.2, 0) is 4.79 Å². The lowest BCUT2D eigenvalue weighted by Gasteiger charge is -2.09. The predicted molar refractivity (Wildman–Crippen MR) is 139 cm³/mol. The molecule has 1 aromatic carbocycles. The molecule has 9 nitrogen and oxygen atoms in total. The van der Waals surface area contributed by atoms with Gasteiger partial charge in [-0.2, -0.15) is 5.10 Å². The molecule has 5 heterocycles. The van der Waals surface area contributed by atoms with Crippen LogP contribution >= 0.6 is 0 Å². The van der Waals surface area contributed by atoms with Crippen LogP contribution in [0.3, 0.4) is 0 Å². The van der Waals surface area contributed by atoms with Gasteiger partial charge in [-0.3, -0.25) is 19.9 Å². The fraction of sp³-hybridized carbons (Fsp3) is 0.111. The van der Waals surface area contributed by atoms with Crippen molar-refractivity contribution in [2.24, 2.45) is 5.92 Å². The van der Waals surface area contributed by atoms with Crippen molar-refractivity contribution >= 4 is 33.7 Å². The van der Waals surface area contributed by atoms with Crippen LogP contribution < -0.4 is 5.32 Å². The van der Waals surface area contributed by atoms with E-state index in [4.69, 9.17) is 0 Å². The first-order valence-corrected chi connectivity index (χ1v) is 11.7. The second-order valence-corrected chi connectivity index (χ2v) is 8.92. The van der Waals surface area contributed by atoms with E-state index in [0.29, 0.717) is 44.9 Å². The van der Waals surface area contributed by atoms with Gasteiger partial charge in [-0.15, -0.1) is 0 Å². The summed E-state index contributed by atoms with van der Waals surface area (Å²) in [6.45, 7) is 3.62. The van der Waals surface area contributed by atoms with Crippen molar-refractivity contribution < 1.29 is 9.18 Å². The Hall–Kier alpha value is -4.99. The topological polar surface area (TPSA) is 125 Å². The molecule has 0 aliphatic carbocycles. The van der Waals surface area contributed by atoms with Crippen molar-refractivity contribution in [2.75, 3.05) is 5.32 Å². The van der Waals surface area contributed by atoms with E-state index in [1.165, 1.54) is 6.07 Å². The standard InChI is InChI=1S/C27H21FN8O/c1-14(2)27(37)32-17-9-16(12-29-13-17)15-10-19-22(20(28)11-15)35-36-24(19)26-33-23-18(6-8-31-25(23)34-26)21-5-3-4-7-30-21/h3-14H,1-2H3,(H,32,37)(H,35,36)(H,31,33,34). The summed E-state index contributed by atoms with van der Waals surface area (Å²) in [4.78, 5) is 33.1. The third kappa shape index (κ3) is 4.08. The molecule has 6 rings (SSSR count). The monoisotopic (exact) mass is 492 g/mol. The highest BCUT2D eigenvalue weighted by Gasteiger charge is 2.19. The van der Waals surface area contributed by atoms with Crippen molar-refractivity contribution in [3.63, 3.8) is 0 Å². The lowest BCUT2D eigenvalue weighted by Crippen LogP contribution is -2.17. The molecule has 0 saturated heterocycles. The second-order valence-electron chi connectivity index (χ2n) is 8.92. The molecular weight excluding hydrogens is 471 g/mol. The summed E-state index contributed by atoms with van der Waals surface area (Å²) in [5, 5.41) is 10.5. The summed E-state index contributed by atoms with van der Waals surface area (Å²) in [7, 11) is 0. The van der Waals surface area contributed by atoms with Crippen LogP contribution in [0.1, 0.15) is 13.8 Å². The Morgan fingerprint density at radius 1 is 1.03 bits per heavy atom. The zero-order valence-corrected chi connectivity index (χ0v) is 20.0. The lowest BCUT2D eigenvalue weighted by atomic mass is 10.0. The molecule has 0 saturated carbocycles. The average molecular weight is 493 g/mol. The third-order valence-electron chi connectivity index (χ3n) is 6.05. The maximum absolute atomic E-state index is 15.1. The van der Waals surface area contributed by atoms with Gasteiger partial charge >= 0.3 is 0 Å². The largest absolute Gasteiger partial charge is 0.335 e. The van der Waals surface area contributed by atoms with Crippen LogP contribution in [0.15, 0.2) is 67.3 Å². The molecule has 37 heavy (non-hydrogen) atoms. The first-order valence-electron chi connectivity index (χ1n) is 11.7. The summed E-state index contributed by atoms with van der Waals surface area (Å²) in [5.41, 5.74) is 5.35. The van der Waals surface area contributed by atoms with Crippen molar-refractivity contribution in [3.05, 3.63) is 73.1 Å². The molecule has 0 atom stereocenters. The third-order valence-corrected chi connectivity index (χ3v) is 6.05. The van der Waals surface area contributed by atoms with Gasteiger partial charge in [-0.1, -0.05) is 19.9 Å². The van der Waals surface area contributed by atoms with Gasteiger partial charge in [0.15, 0.2) is 17.3 Å². The Morgan fingerprint density at radius 2 is 1.92 bits per heavy atom. The maximum atomic E-state index is 15.1. The number of fused-ring (bicyclic) bond motifs is 2.